The number of rotatable bonds is 7. The van der Waals surface area contributed by atoms with E-state index in [0.717, 1.165) is 18.5 Å². The van der Waals surface area contributed by atoms with E-state index in [0.29, 0.717) is 18.3 Å². The van der Waals surface area contributed by atoms with Gasteiger partial charge in [-0.2, -0.15) is 0 Å². The summed E-state index contributed by atoms with van der Waals surface area (Å²) < 4.78 is 0. The van der Waals surface area contributed by atoms with Crippen LogP contribution in [0.5, 0.6) is 0 Å². The van der Waals surface area contributed by atoms with Crippen LogP contribution in [0.3, 0.4) is 0 Å². The van der Waals surface area contributed by atoms with Crippen molar-refractivity contribution in [3.8, 4) is 11.1 Å². The Bertz CT molecular complexity index is 663. The number of pyridine rings is 1. The molecule has 2 heteroatoms. The highest BCUT2D eigenvalue weighted by molar-refractivity contribution is 5.73. The fourth-order valence-electron chi connectivity index (χ4n) is 3.59. The van der Waals surface area contributed by atoms with E-state index >= 15 is 0 Å². The number of hydrogen-bond acceptors (Lipinski definition) is 2. The van der Waals surface area contributed by atoms with E-state index in [2.05, 4.69) is 65.8 Å². The first-order valence-electron chi connectivity index (χ1n) is 9.64. The minimum absolute atomic E-state index is 0.160. The van der Waals surface area contributed by atoms with Crippen LogP contribution in [-0.4, -0.2) is 16.7 Å². The molecule has 0 aliphatic rings. The number of aliphatic hydroxyl groups excluding tert-OH is 1. The van der Waals surface area contributed by atoms with Gasteiger partial charge in [0.15, 0.2) is 0 Å². The van der Waals surface area contributed by atoms with Crippen LogP contribution >= 0.6 is 0 Å². The van der Waals surface area contributed by atoms with Gasteiger partial charge in [-0.3, -0.25) is 4.98 Å². The average Bonchev–Trinajstić information content (AvgIpc) is 2.56. The second-order valence-corrected chi connectivity index (χ2v) is 7.61. The molecular formula is C23H33NO. The molecule has 0 aliphatic heterocycles. The molecule has 1 N–H and O–H groups in total. The summed E-state index contributed by atoms with van der Waals surface area (Å²) in [4.78, 5) is 5.10. The molecule has 0 saturated heterocycles. The minimum Gasteiger partial charge on any atom is -0.396 e. The van der Waals surface area contributed by atoms with E-state index in [-0.39, 0.29) is 6.61 Å². The Balaban J connectivity index is 2.87. The zero-order valence-electron chi connectivity index (χ0n) is 16.7. The Labute approximate surface area is 153 Å². The summed E-state index contributed by atoms with van der Waals surface area (Å²) in [5.74, 6) is 0.741. The molecular weight excluding hydrogens is 306 g/mol. The molecule has 2 rings (SSSR count). The molecule has 136 valence electrons. The SMILES string of the molecule is CCCc1c(C(C)C)nc(C(C)C)c(CCO)c1-c1ccc(C)cc1. The zero-order chi connectivity index (χ0) is 18.6. The molecule has 2 aromatic rings. The van der Waals surface area contributed by atoms with E-state index < -0.39 is 0 Å². The maximum atomic E-state index is 9.71. The largest absolute Gasteiger partial charge is 0.396 e. The van der Waals surface area contributed by atoms with Crippen molar-refractivity contribution < 1.29 is 5.11 Å². The first-order chi connectivity index (χ1) is 11.9. The van der Waals surface area contributed by atoms with Gasteiger partial charge in [-0.15, -0.1) is 0 Å². The zero-order valence-corrected chi connectivity index (χ0v) is 16.7. The molecule has 0 atom stereocenters. The van der Waals surface area contributed by atoms with Crippen molar-refractivity contribution in [2.75, 3.05) is 6.61 Å². The number of aromatic nitrogens is 1. The number of benzene rings is 1. The molecule has 0 unspecified atom stereocenters. The topological polar surface area (TPSA) is 33.1 Å². The molecule has 0 bridgehead atoms. The highest BCUT2D eigenvalue weighted by atomic mass is 16.2. The molecule has 0 saturated carbocycles. The lowest BCUT2D eigenvalue weighted by atomic mass is 9.84. The van der Waals surface area contributed by atoms with E-state index in [1.54, 1.807) is 0 Å². The summed E-state index contributed by atoms with van der Waals surface area (Å²) in [7, 11) is 0. The lowest BCUT2D eigenvalue weighted by molar-refractivity contribution is 0.299. The van der Waals surface area contributed by atoms with Gasteiger partial charge in [-0.05, 0) is 53.9 Å². The van der Waals surface area contributed by atoms with E-state index in [4.69, 9.17) is 4.98 Å². The molecule has 0 radical (unpaired) electrons. The first kappa shape index (κ1) is 19.7. The summed E-state index contributed by atoms with van der Waals surface area (Å²) in [6, 6.07) is 8.80. The quantitative estimate of drug-likeness (QED) is 0.692. The van der Waals surface area contributed by atoms with Gasteiger partial charge in [-0.25, -0.2) is 0 Å². The number of nitrogens with zero attached hydrogens (tertiary/aromatic N) is 1. The molecule has 0 spiro atoms. The lowest BCUT2D eigenvalue weighted by Crippen LogP contribution is -2.13. The maximum Gasteiger partial charge on any atom is 0.0472 e. The van der Waals surface area contributed by atoms with Crippen LogP contribution < -0.4 is 0 Å². The molecule has 0 aliphatic carbocycles. The van der Waals surface area contributed by atoms with Crippen LogP contribution in [0.25, 0.3) is 11.1 Å². The summed E-state index contributed by atoms with van der Waals surface area (Å²) in [6.45, 7) is 13.4. The molecule has 25 heavy (non-hydrogen) atoms. The van der Waals surface area contributed by atoms with E-state index in [9.17, 15) is 5.11 Å². The van der Waals surface area contributed by atoms with Crippen molar-refractivity contribution in [3.05, 3.63) is 52.3 Å². The van der Waals surface area contributed by atoms with Crippen molar-refractivity contribution in [1.82, 2.24) is 4.98 Å². The van der Waals surface area contributed by atoms with Gasteiger partial charge in [0.05, 0.1) is 0 Å². The van der Waals surface area contributed by atoms with E-state index in [1.165, 1.54) is 33.5 Å². The predicted molar refractivity (Wildman–Crippen MR) is 107 cm³/mol. The highest BCUT2D eigenvalue weighted by Crippen LogP contribution is 2.37. The molecule has 0 amide bonds. The van der Waals surface area contributed by atoms with Gasteiger partial charge in [0.1, 0.15) is 0 Å². The van der Waals surface area contributed by atoms with Crippen LogP contribution in [0, 0.1) is 6.92 Å². The summed E-state index contributed by atoms with van der Waals surface area (Å²) >= 11 is 0. The van der Waals surface area contributed by atoms with Gasteiger partial charge in [0.25, 0.3) is 0 Å². The van der Waals surface area contributed by atoms with Gasteiger partial charge in [-0.1, -0.05) is 70.9 Å². The van der Waals surface area contributed by atoms with Crippen molar-refractivity contribution in [2.24, 2.45) is 0 Å². The molecule has 0 fully saturated rings. The van der Waals surface area contributed by atoms with Crippen molar-refractivity contribution in [3.63, 3.8) is 0 Å². The van der Waals surface area contributed by atoms with Gasteiger partial charge in [0.2, 0.25) is 0 Å². The molecule has 1 heterocycles. The Morgan fingerprint density at radius 2 is 1.40 bits per heavy atom. The number of aryl methyl sites for hydroxylation is 1. The monoisotopic (exact) mass is 339 g/mol. The van der Waals surface area contributed by atoms with Gasteiger partial charge in [0, 0.05) is 18.0 Å². The van der Waals surface area contributed by atoms with Gasteiger partial charge < -0.3 is 5.11 Å². The third kappa shape index (κ3) is 4.30. The smallest absolute Gasteiger partial charge is 0.0472 e. The first-order valence-corrected chi connectivity index (χ1v) is 9.64. The second kappa shape index (κ2) is 8.62. The minimum atomic E-state index is 0.160. The van der Waals surface area contributed by atoms with Crippen molar-refractivity contribution >= 4 is 0 Å². The fourth-order valence-corrected chi connectivity index (χ4v) is 3.59. The van der Waals surface area contributed by atoms with E-state index in [1.807, 2.05) is 0 Å². The Kier molecular flexibility index (Phi) is 6.78. The summed E-state index contributed by atoms with van der Waals surface area (Å²) in [5, 5.41) is 9.71. The van der Waals surface area contributed by atoms with Crippen molar-refractivity contribution in [1.29, 1.82) is 0 Å². The average molecular weight is 340 g/mol. The standard InChI is InChI=1S/C23H33NO/c1-7-8-19-21(18-11-9-17(6)10-12-18)20(13-14-25)23(16(4)5)24-22(19)15(2)3/h9-12,15-16,25H,7-8,13-14H2,1-6H3. The normalized spacial score (nSPS) is 11.6. The predicted octanol–water partition coefficient (Wildman–Crippen LogP) is 5.79. The molecule has 1 aromatic heterocycles. The lowest BCUT2D eigenvalue weighted by Gasteiger charge is -2.24. The van der Waals surface area contributed by atoms with Crippen LogP contribution in [0.15, 0.2) is 24.3 Å². The molecule has 2 nitrogen and oxygen atoms in total. The molecule has 1 aromatic carbocycles. The van der Waals surface area contributed by atoms with Crippen molar-refractivity contribution in [2.45, 2.75) is 72.6 Å². The third-order valence-corrected chi connectivity index (χ3v) is 4.76. The fraction of sp³-hybridized carbons (Fsp3) is 0.522. The summed E-state index contributed by atoms with van der Waals surface area (Å²) in [5.41, 5.74) is 8.81. The number of hydrogen-bond donors (Lipinski definition) is 1. The van der Waals surface area contributed by atoms with Crippen LogP contribution in [0.2, 0.25) is 0 Å². The van der Waals surface area contributed by atoms with Crippen LogP contribution in [-0.2, 0) is 12.8 Å². The van der Waals surface area contributed by atoms with Gasteiger partial charge >= 0.3 is 0 Å². The summed E-state index contributed by atoms with van der Waals surface area (Å²) in [6.07, 6.45) is 2.79. The third-order valence-electron chi connectivity index (χ3n) is 4.76. The Morgan fingerprint density at radius 3 is 1.84 bits per heavy atom. The Morgan fingerprint density at radius 1 is 0.880 bits per heavy atom. The van der Waals surface area contributed by atoms with Crippen LogP contribution in [0.4, 0.5) is 0 Å². The van der Waals surface area contributed by atoms with Crippen LogP contribution in [0.1, 0.15) is 81.0 Å². The maximum absolute atomic E-state index is 9.71. The highest BCUT2D eigenvalue weighted by Gasteiger charge is 2.22. The number of aliphatic hydroxyl groups is 1. The second-order valence-electron chi connectivity index (χ2n) is 7.61. The Hall–Kier alpha value is -1.67.